The summed E-state index contributed by atoms with van der Waals surface area (Å²) in [7, 11) is 1.27. The molecule has 1 aromatic rings. The van der Waals surface area contributed by atoms with Crippen LogP contribution in [-0.4, -0.2) is 35.2 Å². The van der Waals surface area contributed by atoms with E-state index in [2.05, 4.69) is 4.74 Å². The lowest BCUT2D eigenvalue weighted by Gasteiger charge is -2.25. The molecule has 134 valence electrons. The monoisotopic (exact) mass is 350 g/mol. The molecule has 0 spiro atoms. The Labute approximate surface area is 136 Å². The molecule has 0 saturated heterocycles. The highest BCUT2D eigenvalue weighted by atomic mass is 19.3. The summed E-state index contributed by atoms with van der Waals surface area (Å²) in [6.45, 7) is 1.12. The fraction of sp³-hybridized carbons (Fsp3) is 0.500. The van der Waals surface area contributed by atoms with Gasteiger partial charge in [-0.3, -0.25) is 10.1 Å². The maximum absolute atomic E-state index is 13.9. The zero-order chi connectivity index (χ0) is 18.7. The first-order chi connectivity index (χ1) is 10.9. The zero-order valence-electron chi connectivity index (χ0n) is 13.5. The van der Waals surface area contributed by atoms with Crippen LogP contribution < -0.4 is 4.74 Å². The van der Waals surface area contributed by atoms with Gasteiger partial charge in [0.05, 0.1) is 17.5 Å². The Kier molecular flexibility index (Phi) is 5.99. The Morgan fingerprint density at radius 2 is 1.96 bits per heavy atom. The van der Waals surface area contributed by atoms with Crippen molar-refractivity contribution in [3.05, 3.63) is 33.6 Å². The van der Waals surface area contributed by atoms with Crippen molar-refractivity contribution < 1.29 is 32.4 Å². The summed E-state index contributed by atoms with van der Waals surface area (Å²) in [4.78, 5) is 22.8. The predicted molar refractivity (Wildman–Crippen MR) is 77.4 cm³/mol. The minimum atomic E-state index is -3.33. The third kappa shape index (κ3) is 5.60. The average Bonchev–Trinajstić information content (AvgIpc) is 2.39. The summed E-state index contributed by atoms with van der Waals surface area (Å²) in [6.07, 6.45) is -0.808. The lowest BCUT2D eigenvalue weighted by molar-refractivity contribution is -0.385. The van der Waals surface area contributed by atoms with E-state index in [1.165, 1.54) is 7.05 Å². The molecule has 24 heavy (non-hydrogen) atoms. The molecule has 0 atom stereocenters. The number of nitro groups is 1. The highest BCUT2D eigenvalue weighted by Gasteiger charge is 2.25. The lowest BCUT2D eigenvalue weighted by atomic mass is 10.1. The van der Waals surface area contributed by atoms with Gasteiger partial charge >= 0.3 is 12.7 Å². The van der Waals surface area contributed by atoms with Crippen LogP contribution in [0.4, 0.5) is 23.7 Å². The van der Waals surface area contributed by atoms with E-state index in [1.807, 2.05) is 0 Å². The molecule has 1 amide bonds. The minimum Gasteiger partial charge on any atom is -0.444 e. The van der Waals surface area contributed by atoms with Gasteiger partial charge in [-0.25, -0.2) is 9.18 Å². The normalized spacial score (nSPS) is 11.3. The highest BCUT2D eigenvalue weighted by Crippen LogP contribution is 2.30. The molecular formula is C14H17F3N2O5. The molecule has 0 heterocycles. The van der Waals surface area contributed by atoms with Crippen molar-refractivity contribution >= 4 is 11.8 Å². The van der Waals surface area contributed by atoms with Crippen LogP contribution in [0.15, 0.2) is 12.1 Å². The number of amides is 1. The van der Waals surface area contributed by atoms with Gasteiger partial charge < -0.3 is 14.4 Å². The molecule has 1 rings (SSSR count). The smallest absolute Gasteiger partial charge is 0.410 e. The van der Waals surface area contributed by atoms with E-state index in [1.54, 1.807) is 20.8 Å². The number of ether oxygens (including phenoxy) is 2. The number of hydrogen-bond donors (Lipinski definition) is 0. The molecule has 0 N–H and O–H groups in total. The van der Waals surface area contributed by atoms with E-state index in [4.69, 9.17) is 4.74 Å². The van der Waals surface area contributed by atoms with Crippen LogP contribution in [0.1, 0.15) is 26.3 Å². The van der Waals surface area contributed by atoms with Gasteiger partial charge in [0.1, 0.15) is 5.60 Å². The second-order valence-corrected chi connectivity index (χ2v) is 5.89. The van der Waals surface area contributed by atoms with Crippen LogP contribution in [0.5, 0.6) is 5.75 Å². The Hall–Kier alpha value is -2.52. The Bertz CT molecular complexity index is 632. The number of halogens is 3. The van der Waals surface area contributed by atoms with Crippen LogP contribution in [0.2, 0.25) is 0 Å². The summed E-state index contributed by atoms with van der Waals surface area (Å²) in [6, 6.07) is 1.33. The van der Waals surface area contributed by atoms with Gasteiger partial charge in [-0.2, -0.15) is 8.78 Å². The fourth-order valence-electron chi connectivity index (χ4n) is 1.74. The van der Waals surface area contributed by atoms with E-state index >= 15 is 0 Å². The summed E-state index contributed by atoms with van der Waals surface area (Å²) < 4.78 is 47.9. The molecule has 0 radical (unpaired) electrons. The number of nitro benzene ring substituents is 1. The van der Waals surface area contributed by atoms with Gasteiger partial charge in [0.25, 0.3) is 5.69 Å². The molecule has 0 aliphatic carbocycles. The van der Waals surface area contributed by atoms with Crippen molar-refractivity contribution in [3.8, 4) is 5.75 Å². The van der Waals surface area contributed by atoms with Crippen LogP contribution in [0, 0.1) is 15.9 Å². The number of alkyl halides is 2. The lowest BCUT2D eigenvalue weighted by Crippen LogP contribution is -2.34. The largest absolute Gasteiger partial charge is 0.444 e. The topological polar surface area (TPSA) is 81.9 Å². The van der Waals surface area contributed by atoms with Crippen molar-refractivity contribution in [1.82, 2.24) is 4.90 Å². The summed E-state index contributed by atoms with van der Waals surface area (Å²) in [5, 5.41) is 10.8. The standard InChI is InChI=1S/C14H17F3N2O5/c1-14(2,3)24-13(20)18(4)7-8-5-9(19(21)22)6-10(15)11(8)23-12(16)17/h5-6,12H,7H2,1-4H3. The van der Waals surface area contributed by atoms with Crippen molar-refractivity contribution in [3.63, 3.8) is 0 Å². The van der Waals surface area contributed by atoms with Crippen molar-refractivity contribution in [1.29, 1.82) is 0 Å². The van der Waals surface area contributed by atoms with Crippen molar-refractivity contribution in [2.24, 2.45) is 0 Å². The van der Waals surface area contributed by atoms with E-state index in [-0.39, 0.29) is 5.56 Å². The molecule has 10 heteroatoms. The maximum atomic E-state index is 13.9. The fourth-order valence-corrected chi connectivity index (χ4v) is 1.74. The number of carbonyl (C=O) groups is 1. The molecule has 7 nitrogen and oxygen atoms in total. The molecule has 0 unspecified atom stereocenters. The number of hydrogen-bond acceptors (Lipinski definition) is 5. The highest BCUT2D eigenvalue weighted by molar-refractivity contribution is 5.68. The van der Waals surface area contributed by atoms with Crippen LogP contribution in [-0.2, 0) is 11.3 Å². The molecule has 0 aliphatic heterocycles. The molecule has 0 fully saturated rings. The van der Waals surface area contributed by atoms with E-state index in [0.717, 1.165) is 11.0 Å². The average molecular weight is 350 g/mol. The van der Waals surface area contributed by atoms with Gasteiger partial charge in [-0.15, -0.1) is 0 Å². The third-order valence-corrected chi connectivity index (χ3v) is 2.64. The number of non-ortho nitro benzene ring substituents is 1. The van der Waals surface area contributed by atoms with Gasteiger partial charge in [0.15, 0.2) is 11.6 Å². The van der Waals surface area contributed by atoms with E-state index in [9.17, 15) is 28.1 Å². The SMILES string of the molecule is CN(Cc1cc([N+](=O)[O-])cc(F)c1OC(F)F)C(=O)OC(C)(C)C. The van der Waals surface area contributed by atoms with Gasteiger partial charge in [-0.1, -0.05) is 0 Å². The number of benzene rings is 1. The predicted octanol–water partition coefficient (Wildman–Crippen LogP) is 3.70. The quantitative estimate of drug-likeness (QED) is 0.597. The molecule has 0 bridgehead atoms. The van der Waals surface area contributed by atoms with Gasteiger partial charge in [0.2, 0.25) is 0 Å². The molecule has 0 aromatic heterocycles. The Balaban J connectivity index is 3.15. The Morgan fingerprint density at radius 3 is 2.42 bits per heavy atom. The van der Waals surface area contributed by atoms with Crippen LogP contribution in [0.25, 0.3) is 0 Å². The first-order valence-electron chi connectivity index (χ1n) is 6.76. The first kappa shape index (κ1) is 19.5. The van der Waals surface area contributed by atoms with E-state index in [0.29, 0.717) is 6.07 Å². The zero-order valence-corrected chi connectivity index (χ0v) is 13.5. The van der Waals surface area contributed by atoms with E-state index < -0.39 is 47.0 Å². The third-order valence-electron chi connectivity index (χ3n) is 2.64. The maximum Gasteiger partial charge on any atom is 0.410 e. The molecular weight excluding hydrogens is 333 g/mol. The van der Waals surface area contributed by atoms with Gasteiger partial charge in [-0.05, 0) is 20.8 Å². The second kappa shape index (κ2) is 7.37. The summed E-state index contributed by atoms with van der Waals surface area (Å²) in [5.41, 5.74) is -1.74. The summed E-state index contributed by atoms with van der Waals surface area (Å²) in [5.74, 6) is -2.18. The number of carbonyl (C=O) groups excluding carboxylic acids is 1. The minimum absolute atomic E-state index is 0.282. The van der Waals surface area contributed by atoms with Crippen LogP contribution in [0.3, 0.4) is 0 Å². The van der Waals surface area contributed by atoms with Crippen molar-refractivity contribution in [2.75, 3.05) is 7.05 Å². The van der Waals surface area contributed by atoms with Gasteiger partial charge in [0, 0.05) is 18.7 Å². The molecule has 1 aromatic carbocycles. The second-order valence-electron chi connectivity index (χ2n) is 5.89. The van der Waals surface area contributed by atoms with Crippen LogP contribution >= 0.6 is 0 Å². The Morgan fingerprint density at radius 1 is 1.38 bits per heavy atom. The molecule has 0 saturated carbocycles. The molecule has 0 aliphatic rings. The van der Waals surface area contributed by atoms with Crippen molar-refractivity contribution in [2.45, 2.75) is 39.5 Å². The first-order valence-corrected chi connectivity index (χ1v) is 6.76. The number of rotatable bonds is 5. The number of nitrogens with zero attached hydrogens (tertiary/aromatic N) is 2. The summed E-state index contributed by atoms with van der Waals surface area (Å²) >= 11 is 0.